The van der Waals surface area contributed by atoms with Crippen molar-refractivity contribution in [2.75, 3.05) is 0 Å². The van der Waals surface area contributed by atoms with Crippen LogP contribution in [0.2, 0.25) is 0 Å². The van der Waals surface area contributed by atoms with Gasteiger partial charge in [0.2, 0.25) is 0 Å². The number of allylic oxidation sites excluding steroid dienone is 5. The normalized spacial score (nSPS) is 44.5. The van der Waals surface area contributed by atoms with E-state index in [1.807, 2.05) is 19.1 Å². The number of carbonyl (C=O) groups excluding carboxylic acids is 1. The lowest BCUT2D eigenvalue weighted by molar-refractivity contribution is -0.209. The summed E-state index contributed by atoms with van der Waals surface area (Å²) in [5, 5.41) is 33.1. The van der Waals surface area contributed by atoms with Crippen LogP contribution in [-0.2, 0) is 14.3 Å². The van der Waals surface area contributed by atoms with E-state index in [1.165, 1.54) is 5.57 Å². The predicted octanol–water partition coefficient (Wildman–Crippen LogP) is 5.07. The third kappa shape index (κ3) is 4.34. The van der Waals surface area contributed by atoms with E-state index in [9.17, 15) is 24.9 Å². The van der Waals surface area contributed by atoms with E-state index in [0.717, 1.165) is 19.3 Å². The van der Waals surface area contributed by atoms with Gasteiger partial charge in [-0.1, -0.05) is 57.2 Å². The molecule has 0 radical (unpaired) electrons. The van der Waals surface area contributed by atoms with Crippen molar-refractivity contribution in [1.29, 1.82) is 0 Å². The molecule has 3 aliphatic carbocycles. The van der Waals surface area contributed by atoms with Gasteiger partial charge in [-0.25, -0.2) is 9.59 Å². The molecule has 2 saturated carbocycles. The standard InChI is InChI=1S/C31H44O6/c1-8-9-10-20(28(33)34)23-15-30(7)14-22-17(4)11-12-24-19(6)37-29(35)27(32)31(24,36)18(5)21(22)13-25(30)26(23)16(2)3/h8-11,16,19,21-27,32,36H,5,12-15H2,1-4,6-7H3,(H,33,34). The quantitative estimate of drug-likeness (QED) is 0.210. The van der Waals surface area contributed by atoms with Gasteiger partial charge in [0.25, 0.3) is 0 Å². The van der Waals surface area contributed by atoms with Crippen molar-refractivity contribution in [3.63, 3.8) is 0 Å². The molecule has 4 aliphatic rings. The summed E-state index contributed by atoms with van der Waals surface area (Å²) in [5.74, 6) is -1.57. The summed E-state index contributed by atoms with van der Waals surface area (Å²) >= 11 is 0. The Bertz CT molecular complexity index is 1050. The first-order chi connectivity index (χ1) is 17.3. The number of esters is 1. The molecule has 0 aromatic carbocycles. The Kier molecular flexibility index (Phi) is 7.41. The Balaban J connectivity index is 1.79. The summed E-state index contributed by atoms with van der Waals surface area (Å²) in [6.07, 6.45) is 8.26. The number of rotatable bonds is 4. The Morgan fingerprint density at radius 1 is 1.24 bits per heavy atom. The molecule has 0 bridgehead atoms. The largest absolute Gasteiger partial charge is 0.478 e. The number of hydrogen-bond acceptors (Lipinski definition) is 5. The summed E-state index contributed by atoms with van der Waals surface area (Å²) in [6, 6.07) is 0. The van der Waals surface area contributed by atoms with Crippen LogP contribution in [0, 0.1) is 46.8 Å². The maximum Gasteiger partial charge on any atom is 0.338 e. The van der Waals surface area contributed by atoms with Gasteiger partial charge in [-0.2, -0.15) is 0 Å². The minimum atomic E-state index is -1.76. The molecule has 204 valence electrons. The van der Waals surface area contributed by atoms with Gasteiger partial charge in [-0.05, 0) is 93.0 Å². The summed E-state index contributed by atoms with van der Waals surface area (Å²) in [7, 11) is 0. The molecule has 1 aliphatic heterocycles. The lowest BCUT2D eigenvalue weighted by Crippen LogP contribution is -2.63. The zero-order valence-electron chi connectivity index (χ0n) is 23.1. The molecule has 6 heteroatoms. The highest BCUT2D eigenvalue weighted by Gasteiger charge is 2.62. The van der Waals surface area contributed by atoms with E-state index in [2.05, 4.69) is 40.3 Å². The van der Waals surface area contributed by atoms with Crippen LogP contribution in [0.5, 0.6) is 0 Å². The third-order valence-electron chi connectivity index (χ3n) is 10.4. The Morgan fingerprint density at radius 3 is 2.51 bits per heavy atom. The van der Waals surface area contributed by atoms with Crippen molar-refractivity contribution >= 4 is 11.9 Å². The average Bonchev–Trinajstić information content (AvgIpc) is 3.12. The van der Waals surface area contributed by atoms with E-state index >= 15 is 0 Å². The van der Waals surface area contributed by atoms with Gasteiger partial charge in [0.05, 0.1) is 0 Å². The second-order valence-electron chi connectivity index (χ2n) is 12.7. The maximum atomic E-state index is 12.5. The molecule has 10 unspecified atom stereocenters. The molecule has 4 rings (SSSR count). The van der Waals surface area contributed by atoms with Crippen molar-refractivity contribution in [2.24, 2.45) is 46.8 Å². The molecule has 37 heavy (non-hydrogen) atoms. The van der Waals surface area contributed by atoms with Gasteiger partial charge in [0, 0.05) is 11.5 Å². The van der Waals surface area contributed by atoms with Crippen LogP contribution in [0.25, 0.3) is 0 Å². The number of carbonyl (C=O) groups is 2. The van der Waals surface area contributed by atoms with Crippen LogP contribution < -0.4 is 0 Å². The van der Waals surface area contributed by atoms with Gasteiger partial charge in [-0.15, -0.1) is 0 Å². The Labute approximate surface area is 221 Å². The smallest absolute Gasteiger partial charge is 0.338 e. The number of aliphatic hydroxyl groups is 2. The SMILES string of the molecule is C=C1C2CC3C(C(C)C)C(C(=CC=CC)C(=O)O)CC3(C)CC2C(C)=CCC2C(C)OC(=O)C(O)C12O. The van der Waals surface area contributed by atoms with Crippen molar-refractivity contribution in [1.82, 2.24) is 0 Å². The fourth-order valence-corrected chi connectivity index (χ4v) is 8.57. The number of fused-ring (bicyclic) bond motifs is 3. The molecule has 6 nitrogen and oxygen atoms in total. The first-order valence-electron chi connectivity index (χ1n) is 13.8. The topological polar surface area (TPSA) is 104 Å². The monoisotopic (exact) mass is 512 g/mol. The predicted molar refractivity (Wildman–Crippen MR) is 142 cm³/mol. The van der Waals surface area contributed by atoms with Gasteiger partial charge in [0.15, 0.2) is 6.10 Å². The second kappa shape index (κ2) is 9.85. The number of aliphatic carboxylic acids is 1. The molecule has 3 fully saturated rings. The minimum Gasteiger partial charge on any atom is -0.478 e. The Hall–Kier alpha value is -2.18. The summed E-state index contributed by atoms with van der Waals surface area (Å²) in [6.45, 7) is 16.8. The summed E-state index contributed by atoms with van der Waals surface area (Å²) in [4.78, 5) is 24.9. The zero-order chi connectivity index (χ0) is 27.4. The first kappa shape index (κ1) is 27.8. The number of cyclic esters (lactones) is 1. The number of ether oxygens (including phenoxy) is 1. The van der Waals surface area contributed by atoms with Gasteiger partial charge in [-0.3, -0.25) is 0 Å². The highest BCUT2D eigenvalue weighted by Crippen LogP contribution is 2.65. The van der Waals surface area contributed by atoms with Gasteiger partial charge in [0.1, 0.15) is 11.7 Å². The molecule has 1 heterocycles. The molecule has 3 N–H and O–H groups in total. The first-order valence-corrected chi connectivity index (χ1v) is 13.8. The number of carboxylic acids is 1. The second-order valence-corrected chi connectivity index (χ2v) is 12.7. The molecule has 10 atom stereocenters. The van der Waals surface area contributed by atoms with Crippen molar-refractivity contribution in [3.05, 3.63) is 47.6 Å². The lowest BCUT2D eigenvalue weighted by Gasteiger charge is -2.54. The summed E-state index contributed by atoms with van der Waals surface area (Å²) < 4.78 is 5.39. The molecular weight excluding hydrogens is 468 g/mol. The maximum absolute atomic E-state index is 12.5. The average molecular weight is 513 g/mol. The number of carboxylic acid groups (broad SMARTS) is 1. The molecular formula is C31H44O6. The molecule has 0 amide bonds. The molecule has 0 aromatic heterocycles. The highest BCUT2D eigenvalue weighted by molar-refractivity contribution is 5.87. The van der Waals surface area contributed by atoms with Crippen LogP contribution in [-0.4, -0.2) is 45.1 Å². The lowest BCUT2D eigenvalue weighted by atomic mass is 9.53. The number of aliphatic hydroxyl groups excluding tert-OH is 1. The van der Waals surface area contributed by atoms with E-state index < -0.39 is 35.7 Å². The van der Waals surface area contributed by atoms with E-state index in [1.54, 1.807) is 13.0 Å². The van der Waals surface area contributed by atoms with Crippen molar-refractivity contribution < 1.29 is 29.6 Å². The molecule has 0 spiro atoms. The Morgan fingerprint density at radius 2 is 1.92 bits per heavy atom. The van der Waals surface area contributed by atoms with Crippen LogP contribution >= 0.6 is 0 Å². The van der Waals surface area contributed by atoms with E-state index in [4.69, 9.17) is 4.74 Å². The molecule has 1 saturated heterocycles. The highest BCUT2D eigenvalue weighted by atomic mass is 16.6. The van der Waals surface area contributed by atoms with Crippen LogP contribution in [0.4, 0.5) is 0 Å². The third-order valence-corrected chi connectivity index (χ3v) is 10.4. The van der Waals surface area contributed by atoms with Crippen molar-refractivity contribution in [3.8, 4) is 0 Å². The van der Waals surface area contributed by atoms with Crippen LogP contribution in [0.15, 0.2) is 47.6 Å². The fraction of sp³-hybridized carbons (Fsp3) is 0.677. The van der Waals surface area contributed by atoms with E-state index in [0.29, 0.717) is 17.6 Å². The number of hydrogen-bond donors (Lipinski definition) is 3. The fourth-order valence-electron chi connectivity index (χ4n) is 8.57. The zero-order valence-corrected chi connectivity index (χ0v) is 23.1. The summed E-state index contributed by atoms with van der Waals surface area (Å²) in [5.41, 5.74) is 0.403. The van der Waals surface area contributed by atoms with Gasteiger partial charge < -0.3 is 20.1 Å². The van der Waals surface area contributed by atoms with Crippen LogP contribution in [0.3, 0.4) is 0 Å². The van der Waals surface area contributed by atoms with Gasteiger partial charge >= 0.3 is 11.9 Å². The van der Waals surface area contributed by atoms with E-state index in [-0.39, 0.29) is 40.9 Å². The van der Waals surface area contributed by atoms with Crippen LogP contribution in [0.1, 0.15) is 67.2 Å². The van der Waals surface area contributed by atoms with Crippen molar-refractivity contribution in [2.45, 2.75) is 85.0 Å². The molecule has 0 aromatic rings. The minimum absolute atomic E-state index is 0.0702.